The summed E-state index contributed by atoms with van der Waals surface area (Å²) >= 11 is 0. The second-order valence-electron chi connectivity index (χ2n) is 3.89. The van der Waals surface area contributed by atoms with Crippen LogP contribution in [0.3, 0.4) is 0 Å². The molecule has 0 aliphatic rings. The van der Waals surface area contributed by atoms with Gasteiger partial charge in [-0.1, -0.05) is 6.07 Å². The molecule has 0 atom stereocenters. The first-order valence-corrected chi connectivity index (χ1v) is 5.43. The number of anilines is 1. The van der Waals surface area contributed by atoms with Crippen molar-refractivity contribution >= 4 is 11.7 Å². The van der Waals surface area contributed by atoms with Crippen molar-refractivity contribution in [1.29, 1.82) is 5.41 Å². The second kappa shape index (κ2) is 5.22. The molecule has 0 spiro atoms. The van der Waals surface area contributed by atoms with Crippen molar-refractivity contribution in [3.8, 4) is 0 Å². The van der Waals surface area contributed by atoms with E-state index in [1.54, 1.807) is 12.4 Å². The Morgan fingerprint density at radius 3 is 2.72 bits per heavy atom. The number of nitrogens with zero attached hydrogens (tertiary/aromatic N) is 4. The van der Waals surface area contributed by atoms with Crippen LogP contribution in [0.2, 0.25) is 0 Å². The summed E-state index contributed by atoms with van der Waals surface area (Å²) in [6, 6.07) is 3.90. The Balaban J connectivity index is 2.09. The zero-order chi connectivity index (χ0) is 13.0. The van der Waals surface area contributed by atoms with E-state index in [2.05, 4.69) is 15.0 Å². The van der Waals surface area contributed by atoms with Crippen molar-refractivity contribution in [2.45, 2.75) is 6.54 Å². The first-order chi connectivity index (χ1) is 8.66. The highest BCUT2D eigenvalue weighted by atomic mass is 15.2. The van der Waals surface area contributed by atoms with Crippen LogP contribution in [0.5, 0.6) is 0 Å². The van der Waals surface area contributed by atoms with Gasteiger partial charge in [-0.25, -0.2) is 9.97 Å². The van der Waals surface area contributed by atoms with Gasteiger partial charge in [-0.05, 0) is 11.6 Å². The fourth-order valence-electron chi connectivity index (χ4n) is 1.50. The summed E-state index contributed by atoms with van der Waals surface area (Å²) in [5.41, 5.74) is 6.80. The fourth-order valence-corrected chi connectivity index (χ4v) is 1.50. The first kappa shape index (κ1) is 12.0. The molecule has 2 rings (SSSR count). The van der Waals surface area contributed by atoms with Crippen LogP contribution in [0.15, 0.2) is 36.9 Å². The Morgan fingerprint density at radius 2 is 2.17 bits per heavy atom. The number of nitrogens with one attached hydrogen (secondary N) is 1. The molecule has 0 aliphatic heterocycles. The number of pyridine rings is 1. The van der Waals surface area contributed by atoms with E-state index in [1.807, 2.05) is 30.3 Å². The smallest absolute Gasteiger partial charge is 0.147 e. The topological polar surface area (TPSA) is 91.8 Å². The monoisotopic (exact) mass is 242 g/mol. The Kier molecular flexibility index (Phi) is 3.47. The van der Waals surface area contributed by atoms with Gasteiger partial charge in [0.15, 0.2) is 0 Å². The van der Waals surface area contributed by atoms with Crippen molar-refractivity contribution < 1.29 is 0 Å². The Hall–Kier alpha value is -2.50. The lowest BCUT2D eigenvalue weighted by atomic mass is 10.3. The number of hydrogen-bond acceptors (Lipinski definition) is 5. The third-order valence-electron chi connectivity index (χ3n) is 2.45. The zero-order valence-electron chi connectivity index (χ0n) is 10.0. The molecule has 2 heterocycles. The number of aromatic nitrogens is 3. The van der Waals surface area contributed by atoms with Gasteiger partial charge in [-0.2, -0.15) is 0 Å². The van der Waals surface area contributed by atoms with E-state index in [0.717, 1.165) is 11.4 Å². The molecular formula is C12H14N6. The summed E-state index contributed by atoms with van der Waals surface area (Å²) < 4.78 is 0. The van der Waals surface area contributed by atoms with E-state index < -0.39 is 0 Å². The standard InChI is InChI=1S/C12H14N6/c1-18(8-9-3-2-4-15-5-9)11-7-16-10(6-17-11)12(13)14/h2-7H,8H2,1H3,(H3,13,14). The Labute approximate surface area is 105 Å². The number of hydrogen-bond donors (Lipinski definition) is 2. The molecule has 92 valence electrons. The van der Waals surface area contributed by atoms with Gasteiger partial charge in [0.2, 0.25) is 0 Å². The molecule has 0 bridgehead atoms. The van der Waals surface area contributed by atoms with Crippen molar-refractivity contribution in [1.82, 2.24) is 15.0 Å². The van der Waals surface area contributed by atoms with Crippen LogP contribution >= 0.6 is 0 Å². The average Bonchev–Trinajstić information content (AvgIpc) is 2.40. The van der Waals surface area contributed by atoms with Crippen LogP contribution in [0.4, 0.5) is 5.82 Å². The lowest BCUT2D eigenvalue weighted by Crippen LogP contribution is -2.19. The molecular weight excluding hydrogens is 228 g/mol. The van der Waals surface area contributed by atoms with Gasteiger partial charge < -0.3 is 10.6 Å². The van der Waals surface area contributed by atoms with Crippen molar-refractivity contribution in [2.75, 3.05) is 11.9 Å². The van der Waals surface area contributed by atoms with Crippen LogP contribution in [0.1, 0.15) is 11.3 Å². The molecule has 3 N–H and O–H groups in total. The molecule has 6 heteroatoms. The Morgan fingerprint density at radius 1 is 1.33 bits per heavy atom. The maximum atomic E-state index is 7.25. The summed E-state index contributed by atoms with van der Waals surface area (Å²) in [6.07, 6.45) is 6.66. The predicted molar refractivity (Wildman–Crippen MR) is 69.4 cm³/mol. The van der Waals surface area contributed by atoms with E-state index in [1.165, 1.54) is 6.20 Å². The molecule has 2 aromatic rings. The summed E-state index contributed by atoms with van der Waals surface area (Å²) in [4.78, 5) is 14.3. The highest BCUT2D eigenvalue weighted by Crippen LogP contribution is 2.10. The lowest BCUT2D eigenvalue weighted by Gasteiger charge is -2.17. The summed E-state index contributed by atoms with van der Waals surface area (Å²) in [6.45, 7) is 0.696. The molecule has 6 nitrogen and oxygen atoms in total. The van der Waals surface area contributed by atoms with Gasteiger partial charge in [0.25, 0.3) is 0 Å². The van der Waals surface area contributed by atoms with Gasteiger partial charge in [-0.3, -0.25) is 10.4 Å². The number of rotatable bonds is 4. The summed E-state index contributed by atoms with van der Waals surface area (Å²) in [7, 11) is 1.92. The van der Waals surface area contributed by atoms with E-state index in [9.17, 15) is 0 Å². The molecule has 0 saturated heterocycles. The minimum atomic E-state index is -0.0797. The molecule has 2 aromatic heterocycles. The maximum absolute atomic E-state index is 7.25. The van der Waals surface area contributed by atoms with Crippen LogP contribution in [0, 0.1) is 5.41 Å². The van der Waals surface area contributed by atoms with Crippen molar-refractivity contribution in [3.63, 3.8) is 0 Å². The van der Waals surface area contributed by atoms with E-state index >= 15 is 0 Å². The van der Waals surface area contributed by atoms with Crippen LogP contribution in [-0.2, 0) is 6.54 Å². The van der Waals surface area contributed by atoms with Gasteiger partial charge in [0, 0.05) is 26.0 Å². The van der Waals surface area contributed by atoms with Crippen molar-refractivity contribution in [3.05, 3.63) is 48.2 Å². The van der Waals surface area contributed by atoms with E-state index in [-0.39, 0.29) is 5.84 Å². The number of nitrogen functional groups attached to an aromatic ring is 1. The van der Waals surface area contributed by atoms with Gasteiger partial charge >= 0.3 is 0 Å². The number of amidine groups is 1. The molecule has 0 fully saturated rings. The van der Waals surface area contributed by atoms with Crippen LogP contribution in [-0.4, -0.2) is 27.8 Å². The molecule has 0 aliphatic carbocycles. The third-order valence-corrected chi connectivity index (χ3v) is 2.45. The highest BCUT2D eigenvalue weighted by molar-refractivity contribution is 5.92. The number of nitrogens with two attached hydrogens (primary N) is 1. The van der Waals surface area contributed by atoms with E-state index in [4.69, 9.17) is 11.1 Å². The first-order valence-electron chi connectivity index (χ1n) is 5.43. The SMILES string of the molecule is CN(Cc1cccnc1)c1cnc(C(=N)N)cn1. The highest BCUT2D eigenvalue weighted by Gasteiger charge is 2.05. The zero-order valence-corrected chi connectivity index (χ0v) is 10.0. The van der Waals surface area contributed by atoms with Crippen molar-refractivity contribution in [2.24, 2.45) is 5.73 Å². The quantitative estimate of drug-likeness (QED) is 0.611. The summed E-state index contributed by atoms with van der Waals surface area (Å²) in [5, 5.41) is 7.25. The summed E-state index contributed by atoms with van der Waals surface area (Å²) in [5.74, 6) is 0.646. The van der Waals surface area contributed by atoms with Crippen LogP contribution in [0.25, 0.3) is 0 Å². The largest absolute Gasteiger partial charge is 0.382 e. The lowest BCUT2D eigenvalue weighted by molar-refractivity contribution is 0.883. The molecule has 0 aromatic carbocycles. The van der Waals surface area contributed by atoms with E-state index in [0.29, 0.717) is 12.2 Å². The minimum Gasteiger partial charge on any atom is -0.382 e. The van der Waals surface area contributed by atoms with Gasteiger partial charge in [-0.15, -0.1) is 0 Å². The van der Waals surface area contributed by atoms with Crippen LogP contribution < -0.4 is 10.6 Å². The predicted octanol–water partition coefficient (Wildman–Crippen LogP) is 0.792. The normalized spacial score (nSPS) is 10.1. The maximum Gasteiger partial charge on any atom is 0.147 e. The Bertz CT molecular complexity index is 522. The average molecular weight is 242 g/mol. The second-order valence-corrected chi connectivity index (χ2v) is 3.89. The van der Waals surface area contributed by atoms with Gasteiger partial charge in [0.1, 0.15) is 17.3 Å². The molecule has 18 heavy (non-hydrogen) atoms. The molecule has 0 saturated carbocycles. The molecule has 0 radical (unpaired) electrons. The van der Waals surface area contributed by atoms with Gasteiger partial charge in [0.05, 0.1) is 12.4 Å². The minimum absolute atomic E-state index is 0.0797. The third kappa shape index (κ3) is 2.79. The molecule has 0 amide bonds. The fraction of sp³-hybridized carbons (Fsp3) is 0.167. The molecule has 0 unspecified atom stereocenters.